The van der Waals surface area contributed by atoms with Gasteiger partial charge in [-0.1, -0.05) is 34.0 Å². The van der Waals surface area contributed by atoms with Gasteiger partial charge < -0.3 is 9.45 Å². The third-order valence-corrected chi connectivity index (χ3v) is 7.00. The number of amides is 1. The van der Waals surface area contributed by atoms with E-state index in [2.05, 4.69) is 14.7 Å². The van der Waals surface area contributed by atoms with Crippen LogP contribution in [0.3, 0.4) is 0 Å². The Hall–Kier alpha value is -2.94. The van der Waals surface area contributed by atoms with Crippen LogP contribution in [0.4, 0.5) is 0 Å². The lowest BCUT2D eigenvalue weighted by Crippen LogP contribution is -2.48. The first-order valence-electron chi connectivity index (χ1n) is 10.2. The molecule has 1 unspecified atom stereocenters. The van der Waals surface area contributed by atoms with Crippen molar-refractivity contribution in [3.63, 3.8) is 0 Å². The van der Waals surface area contributed by atoms with Crippen molar-refractivity contribution in [3.05, 3.63) is 78.4 Å². The number of hydrogen-bond acceptors (Lipinski definition) is 5. The Bertz CT molecular complexity index is 1080. The molecule has 0 radical (unpaired) electrons. The molecule has 8 heteroatoms. The summed E-state index contributed by atoms with van der Waals surface area (Å²) < 4.78 is 28.0. The van der Waals surface area contributed by atoms with E-state index in [0.29, 0.717) is 31.5 Å². The second-order valence-electron chi connectivity index (χ2n) is 7.71. The van der Waals surface area contributed by atoms with E-state index in [4.69, 9.17) is 0 Å². The fourth-order valence-corrected chi connectivity index (χ4v) is 4.95. The van der Waals surface area contributed by atoms with Crippen LogP contribution < -0.4 is 4.72 Å². The van der Waals surface area contributed by atoms with Crippen molar-refractivity contribution in [1.29, 1.82) is 0 Å². The highest BCUT2D eigenvalue weighted by Gasteiger charge is 2.30. The molecule has 1 saturated heterocycles. The fraction of sp³-hybridized carbons (Fsp3) is 0.261. The van der Waals surface area contributed by atoms with Crippen LogP contribution in [0, 0.1) is 6.92 Å². The number of carbonyl (C=O) groups is 1. The minimum Gasteiger partial charge on any atom is -0.593 e. The summed E-state index contributed by atoms with van der Waals surface area (Å²) >= 11 is 0. The Morgan fingerprint density at radius 3 is 2.23 bits per heavy atom. The molecule has 31 heavy (non-hydrogen) atoms. The van der Waals surface area contributed by atoms with Crippen molar-refractivity contribution in [1.82, 2.24) is 19.6 Å². The Balaban J connectivity index is 1.34. The van der Waals surface area contributed by atoms with E-state index in [1.54, 1.807) is 53.7 Å². The number of nitrogens with one attached hydrogen (secondary N) is 1. The zero-order chi connectivity index (χ0) is 21.8. The van der Waals surface area contributed by atoms with E-state index in [9.17, 15) is 13.6 Å². The average Bonchev–Trinajstić information content (AvgIpc) is 2.80. The van der Waals surface area contributed by atoms with Crippen molar-refractivity contribution in [2.75, 3.05) is 13.1 Å². The number of piperidine rings is 1. The first-order valence-corrected chi connectivity index (χ1v) is 11.6. The number of benzene rings is 2. The molecule has 0 bridgehead atoms. The smallest absolute Gasteiger partial charge is 0.253 e. The van der Waals surface area contributed by atoms with Gasteiger partial charge in [0.25, 0.3) is 5.91 Å². The molecule has 0 aliphatic carbocycles. The van der Waals surface area contributed by atoms with Crippen molar-refractivity contribution >= 4 is 16.3 Å². The molecule has 3 aromatic rings. The predicted molar refractivity (Wildman–Crippen MR) is 118 cm³/mol. The molecular weight excluding hydrogens is 412 g/mol. The second kappa shape index (κ2) is 9.05. The molecule has 1 fully saturated rings. The Labute approximate surface area is 182 Å². The number of aryl methyl sites for hydroxylation is 1. The van der Waals surface area contributed by atoms with Gasteiger partial charge in [0.15, 0.2) is 15.3 Å². The first kappa shape index (κ1) is 21.3. The summed E-state index contributed by atoms with van der Waals surface area (Å²) in [5.41, 5.74) is 3.46. The van der Waals surface area contributed by atoms with Crippen LogP contribution in [0.1, 0.15) is 28.8 Å². The summed E-state index contributed by atoms with van der Waals surface area (Å²) in [6, 6.07) is 14.0. The highest BCUT2D eigenvalue weighted by molar-refractivity contribution is 7.95. The predicted octanol–water partition coefficient (Wildman–Crippen LogP) is 3.25. The van der Waals surface area contributed by atoms with Crippen LogP contribution in [0.15, 0.2) is 72.1 Å². The Morgan fingerprint density at radius 2 is 1.61 bits per heavy atom. The maximum atomic E-state index is 12.9. The highest BCUT2D eigenvalue weighted by Crippen LogP contribution is 2.22. The zero-order valence-corrected chi connectivity index (χ0v) is 18.0. The molecule has 1 aliphatic heterocycles. The van der Waals surface area contributed by atoms with Gasteiger partial charge in [-0.15, -0.1) is 4.72 Å². The van der Waals surface area contributed by atoms with Crippen LogP contribution in [-0.4, -0.2) is 44.5 Å². The first-order chi connectivity index (χ1) is 14.9. The number of sulfonamides is 1. The summed E-state index contributed by atoms with van der Waals surface area (Å²) in [6.45, 7) is 2.93. The molecule has 1 amide bonds. The molecule has 160 valence electrons. The maximum Gasteiger partial charge on any atom is 0.253 e. The molecule has 1 aromatic heterocycles. The van der Waals surface area contributed by atoms with Crippen LogP contribution >= 0.6 is 0 Å². The standard InChI is InChI=1S/C23H24N4O3S/c1-17-2-8-22(9-3-17)31(29,30)26-21-10-12-27(13-11-21)23(28)19-6-4-18(5-7-19)20-14-24-16-25-15-20/h2-9,14-16,21H,10-13H2,1H3,(H-,26,29,30). The SMILES string of the molecule is Cc1ccc([S+](=O)([O-])NC2CCN(C(=O)c3ccc(-c4cncnc4)cc3)CC2)cc1. The van der Waals surface area contributed by atoms with Crippen LogP contribution in [0.25, 0.3) is 11.1 Å². The molecule has 0 spiro atoms. The summed E-state index contributed by atoms with van der Waals surface area (Å²) in [5, 5.41) is 0. The van der Waals surface area contributed by atoms with Gasteiger partial charge in [-0.2, -0.15) is 0 Å². The van der Waals surface area contributed by atoms with Gasteiger partial charge in [-0.3, -0.25) is 4.79 Å². The lowest BCUT2D eigenvalue weighted by molar-refractivity contribution is 0.0711. The number of hydrogen-bond donors (Lipinski definition) is 1. The van der Waals surface area contributed by atoms with E-state index in [1.807, 2.05) is 19.1 Å². The van der Waals surface area contributed by atoms with Gasteiger partial charge in [-0.25, -0.2) is 9.97 Å². The lowest BCUT2D eigenvalue weighted by Gasteiger charge is -2.33. The molecular formula is C23H24N4O3S. The molecule has 4 rings (SSSR count). The van der Waals surface area contributed by atoms with Crippen molar-refractivity contribution in [2.24, 2.45) is 0 Å². The van der Waals surface area contributed by atoms with Gasteiger partial charge in [-0.05, 0) is 49.6 Å². The van der Waals surface area contributed by atoms with Crippen molar-refractivity contribution < 1.29 is 13.6 Å². The Kier molecular flexibility index (Phi) is 6.22. The van der Waals surface area contributed by atoms with E-state index in [0.717, 1.165) is 16.7 Å². The average molecular weight is 437 g/mol. The summed E-state index contributed by atoms with van der Waals surface area (Å²) in [7, 11) is -3.56. The third kappa shape index (κ3) is 5.04. The number of aromatic nitrogens is 2. The molecule has 7 nitrogen and oxygen atoms in total. The zero-order valence-electron chi connectivity index (χ0n) is 17.2. The summed E-state index contributed by atoms with van der Waals surface area (Å²) in [6.07, 6.45) is 6.09. The highest BCUT2D eigenvalue weighted by atomic mass is 32.3. The monoisotopic (exact) mass is 436 g/mol. The minimum atomic E-state index is -3.56. The summed E-state index contributed by atoms with van der Waals surface area (Å²) in [4.78, 5) is 22.9. The number of nitrogens with zero attached hydrogens (tertiary/aromatic N) is 3. The second-order valence-corrected chi connectivity index (χ2v) is 9.42. The van der Waals surface area contributed by atoms with E-state index in [-0.39, 0.29) is 16.8 Å². The molecule has 2 heterocycles. The van der Waals surface area contributed by atoms with Crippen molar-refractivity contribution in [3.8, 4) is 11.1 Å². The maximum absolute atomic E-state index is 12.9. The summed E-state index contributed by atoms with van der Waals surface area (Å²) in [5.74, 6) is -0.0456. The van der Waals surface area contributed by atoms with Gasteiger partial charge in [0.05, 0.1) is 6.04 Å². The third-order valence-electron chi connectivity index (χ3n) is 5.46. The topological polar surface area (TPSA) is 98.2 Å². The number of carbonyl (C=O) groups excluding carboxylic acids is 1. The van der Waals surface area contributed by atoms with Crippen molar-refractivity contribution in [2.45, 2.75) is 30.7 Å². The minimum absolute atomic E-state index is 0.0456. The van der Waals surface area contributed by atoms with Gasteiger partial charge in [0, 0.05) is 36.6 Å². The van der Waals surface area contributed by atoms with Crippen LogP contribution in [0.5, 0.6) is 0 Å². The van der Waals surface area contributed by atoms with Crippen LogP contribution in [0.2, 0.25) is 0 Å². The Morgan fingerprint density at radius 1 is 1.00 bits per heavy atom. The fourth-order valence-electron chi connectivity index (χ4n) is 3.64. The molecule has 1 atom stereocenters. The molecule has 1 N–H and O–H groups in total. The normalized spacial score (nSPS) is 16.6. The number of rotatable bonds is 5. The van der Waals surface area contributed by atoms with E-state index < -0.39 is 10.4 Å². The lowest BCUT2D eigenvalue weighted by atomic mass is 10.0. The van der Waals surface area contributed by atoms with Crippen LogP contribution in [-0.2, 0) is 14.6 Å². The molecule has 2 aromatic carbocycles. The number of likely N-dealkylation sites (tertiary alicyclic amines) is 1. The molecule has 1 aliphatic rings. The van der Waals surface area contributed by atoms with Gasteiger partial charge in [0.2, 0.25) is 0 Å². The quantitative estimate of drug-likeness (QED) is 0.619. The van der Waals surface area contributed by atoms with E-state index in [1.165, 1.54) is 6.33 Å². The molecule has 0 saturated carbocycles. The van der Waals surface area contributed by atoms with Gasteiger partial charge >= 0.3 is 0 Å². The largest absolute Gasteiger partial charge is 0.593 e. The van der Waals surface area contributed by atoms with Gasteiger partial charge in [0.1, 0.15) is 6.33 Å². The van der Waals surface area contributed by atoms with E-state index >= 15 is 0 Å².